The summed E-state index contributed by atoms with van der Waals surface area (Å²) in [6, 6.07) is 1.90. The quantitative estimate of drug-likeness (QED) is 0.646. The SMILES string of the molecule is CN(CC#N)C(=O)OCC1CCCC1. The summed E-state index contributed by atoms with van der Waals surface area (Å²) in [5.41, 5.74) is 0. The van der Waals surface area contributed by atoms with Crippen LogP contribution in [0, 0.1) is 17.2 Å². The van der Waals surface area contributed by atoms with Gasteiger partial charge in [-0.25, -0.2) is 4.79 Å². The first-order valence-electron chi connectivity index (χ1n) is 4.99. The highest BCUT2D eigenvalue weighted by Gasteiger charge is 2.18. The smallest absolute Gasteiger partial charge is 0.410 e. The van der Waals surface area contributed by atoms with Crippen molar-refractivity contribution in [2.75, 3.05) is 20.2 Å². The van der Waals surface area contributed by atoms with E-state index in [2.05, 4.69) is 0 Å². The van der Waals surface area contributed by atoms with E-state index < -0.39 is 6.09 Å². The van der Waals surface area contributed by atoms with Crippen molar-refractivity contribution in [3.63, 3.8) is 0 Å². The highest BCUT2D eigenvalue weighted by molar-refractivity contribution is 5.67. The Labute approximate surface area is 84.4 Å². The fourth-order valence-electron chi connectivity index (χ4n) is 1.65. The number of hydrogen-bond acceptors (Lipinski definition) is 3. The molecule has 0 aromatic heterocycles. The molecule has 1 fully saturated rings. The molecule has 0 bridgehead atoms. The molecule has 0 N–H and O–H groups in total. The molecule has 1 aliphatic rings. The van der Waals surface area contributed by atoms with Crippen LogP contribution in [0.1, 0.15) is 25.7 Å². The van der Waals surface area contributed by atoms with Crippen LogP contribution in [0.5, 0.6) is 0 Å². The summed E-state index contributed by atoms with van der Waals surface area (Å²) in [5.74, 6) is 0.537. The molecule has 0 spiro atoms. The van der Waals surface area contributed by atoms with Crippen LogP contribution in [-0.4, -0.2) is 31.2 Å². The third-order valence-electron chi connectivity index (χ3n) is 2.54. The maximum absolute atomic E-state index is 11.2. The zero-order chi connectivity index (χ0) is 10.4. The Morgan fingerprint density at radius 1 is 1.57 bits per heavy atom. The van der Waals surface area contributed by atoms with E-state index in [0.717, 1.165) is 12.8 Å². The molecular weight excluding hydrogens is 180 g/mol. The molecule has 1 amide bonds. The normalized spacial score (nSPS) is 16.3. The van der Waals surface area contributed by atoms with E-state index in [-0.39, 0.29) is 6.54 Å². The summed E-state index contributed by atoms with van der Waals surface area (Å²) in [4.78, 5) is 12.5. The predicted molar refractivity (Wildman–Crippen MR) is 51.5 cm³/mol. The third-order valence-corrected chi connectivity index (χ3v) is 2.54. The minimum atomic E-state index is -0.390. The van der Waals surface area contributed by atoms with Crippen LogP contribution in [0.15, 0.2) is 0 Å². The number of carbonyl (C=O) groups is 1. The molecule has 0 saturated heterocycles. The van der Waals surface area contributed by atoms with E-state index in [1.54, 1.807) is 7.05 Å². The van der Waals surface area contributed by atoms with Gasteiger partial charge in [0.25, 0.3) is 0 Å². The monoisotopic (exact) mass is 196 g/mol. The fraction of sp³-hybridized carbons (Fsp3) is 0.800. The second-order valence-corrected chi connectivity index (χ2v) is 3.74. The Morgan fingerprint density at radius 2 is 2.21 bits per heavy atom. The summed E-state index contributed by atoms with van der Waals surface area (Å²) in [6.07, 6.45) is 4.43. The number of ether oxygens (including phenoxy) is 1. The first kappa shape index (κ1) is 10.8. The van der Waals surface area contributed by atoms with Crippen LogP contribution in [0.2, 0.25) is 0 Å². The van der Waals surface area contributed by atoms with Crippen LogP contribution < -0.4 is 0 Å². The van der Waals surface area contributed by atoms with Gasteiger partial charge in [0.1, 0.15) is 6.54 Å². The van der Waals surface area contributed by atoms with E-state index in [4.69, 9.17) is 10.00 Å². The van der Waals surface area contributed by atoms with Gasteiger partial charge in [-0.1, -0.05) is 12.8 Å². The molecule has 0 atom stereocenters. The largest absolute Gasteiger partial charge is 0.449 e. The van der Waals surface area contributed by atoms with E-state index >= 15 is 0 Å². The minimum absolute atomic E-state index is 0.0868. The Balaban J connectivity index is 2.17. The van der Waals surface area contributed by atoms with Crippen molar-refractivity contribution in [1.82, 2.24) is 4.90 Å². The van der Waals surface area contributed by atoms with Crippen molar-refractivity contribution in [2.24, 2.45) is 5.92 Å². The zero-order valence-corrected chi connectivity index (χ0v) is 8.53. The number of nitriles is 1. The molecule has 1 aliphatic carbocycles. The summed E-state index contributed by atoms with van der Waals surface area (Å²) >= 11 is 0. The molecule has 1 saturated carbocycles. The lowest BCUT2D eigenvalue weighted by molar-refractivity contribution is 0.0992. The van der Waals surface area contributed by atoms with Crippen LogP contribution in [-0.2, 0) is 4.74 Å². The number of hydrogen-bond donors (Lipinski definition) is 0. The van der Waals surface area contributed by atoms with Crippen LogP contribution >= 0.6 is 0 Å². The van der Waals surface area contributed by atoms with Gasteiger partial charge in [-0.2, -0.15) is 5.26 Å². The average Bonchev–Trinajstić information content (AvgIpc) is 2.67. The molecular formula is C10H16N2O2. The van der Waals surface area contributed by atoms with Crippen molar-refractivity contribution in [1.29, 1.82) is 5.26 Å². The third kappa shape index (κ3) is 3.25. The van der Waals surface area contributed by atoms with Gasteiger partial charge in [0.2, 0.25) is 0 Å². The molecule has 0 heterocycles. The topological polar surface area (TPSA) is 53.3 Å². The average molecular weight is 196 g/mol. The van der Waals surface area contributed by atoms with Gasteiger partial charge in [-0.3, -0.25) is 4.90 Å². The van der Waals surface area contributed by atoms with Gasteiger partial charge in [-0.15, -0.1) is 0 Å². The van der Waals surface area contributed by atoms with Gasteiger partial charge >= 0.3 is 6.09 Å². The molecule has 0 radical (unpaired) electrons. The zero-order valence-electron chi connectivity index (χ0n) is 8.53. The lowest BCUT2D eigenvalue weighted by Crippen LogP contribution is -2.29. The first-order valence-corrected chi connectivity index (χ1v) is 4.99. The number of carbonyl (C=O) groups excluding carboxylic acids is 1. The molecule has 78 valence electrons. The highest BCUT2D eigenvalue weighted by Crippen LogP contribution is 2.24. The van der Waals surface area contributed by atoms with Crippen molar-refractivity contribution >= 4 is 6.09 Å². The van der Waals surface area contributed by atoms with Crippen LogP contribution in [0.4, 0.5) is 4.79 Å². The van der Waals surface area contributed by atoms with Gasteiger partial charge in [0, 0.05) is 7.05 Å². The van der Waals surface area contributed by atoms with E-state index in [0.29, 0.717) is 12.5 Å². The Bertz CT molecular complexity index is 229. The van der Waals surface area contributed by atoms with Crippen LogP contribution in [0.25, 0.3) is 0 Å². The van der Waals surface area contributed by atoms with Crippen molar-refractivity contribution in [2.45, 2.75) is 25.7 Å². The summed E-state index contributed by atoms with van der Waals surface area (Å²) < 4.78 is 5.08. The summed E-state index contributed by atoms with van der Waals surface area (Å²) in [6.45, 7) is 0.595. The van der Waals surface area contributed by atoms with Gasteiger partial charge in [-0.05, 0) is 18.8 Å². The van der Waals surface area contributed by atoms with Gasteiger partial charge < -0.3 is 4.74 Å². The minimum Gasteiger partial charge on any atom is -0.449 e. The van der Waals surface area contributed by atoms with Crippen LogP contribution in [0.3, 0.4) is 0 Å². The molecule has 0 aromatic rings. The second-order valence-electron chi connectivity index (χ2n) is 3.74. The molecule has 4 nitrogen and oxygen atoms in total. The first-order chi connectivity index (χ1) is 6.74. The fourth-order valence-corrected chi connectivity index (χ4v) is 1.65. The van der Waals surface area contributed by atoms with E-state index in [1.807, 2.05) is 6.07 Å². The lowest BCUT2D eigenvalue weighted by Gasteiger charge is -2.15. The standard InChI is InChI=1S/C10H16N2O2/c1-12(7-6-11)10(13)14-8-9-4-2-3-5-9/h9H,2-5,7-8H2,1H3. The Morgan fingerprint density at radius 3 is 2.79 bits per heavy atom. The molecule has 0 aliphatic heterocycles. The maximum atomic E-state index is 11.2. The lowest BCUT2D eigenvalue weighted by atomic mass is 10.1. The highest BCUT2D eigenvalue weighted by atomic mass is 16.6. The molecule has 0 aromatic carbocycles. The van der Waals surface area contributed by atoms with Crippen molar-refractivity contribution in [3.05, 3.63) is 0 Å². The maximum Gasteiger partial charge on any atom is 0.410 e. The molecule has 14 heavy (non-hydrogen) atoms. The van der Waals surface area contributed by atoms with E-state index in [1.165, 1.54) is 17.7 Å². The Hall–Kier alpha value is -1.24. The van der Waals surface area contributed by atoms with Crippen molar-refractivity contribution in [3.8, 4) is 6.07 Å². The number of amides is 1. The van der Waals surface area contributed by atoms with Crippen molar-refractivity contribution < 1.29 is 9.53 Å². The number of nitrogens with zero attached hydrogens (tertiary/aromatic N) is 2. The Kier molecular flexibility index (Phi) is 4.24. The number of rotatable bonds is 3. The molecule has 1 rings (SSSR count). The summed E-state index contributed by atoms with van der Waals surface area (Å²) in [5, 5.41) is 8.37. The molecule has 0 unspecified atom stereocenters. The molecule has 4 heteroatoms. The van der Waals surface area contributed by atoms with E-state index in [9.17, 15) is 4.79 Å². The van der Waals surface area contributed by atoms with Gasteiger partial charge in [0.05, 0.1) is 12.7 Å². The van der Waals surface area contributed by atoms with Gasteiger partial charge in [0.15, 0.2) is 0 Å². The summed E-state index contributed by atoms with van der Waals surface area (Å²) in [7, 11) is 1.57. The second kappa shape index (κ2) is 5.48. The predicted octanol–water partition coefficient (Wildman–Crippen LogP) is 1.77.